The quantitative estimate of drug-likeness (QED) is 0.595. The lowest BCUT2D eigenvalue weighted by atomic mass is 9.90. The molecule has 4 N–H and O–H groups in total. The van der Waals surface area contributed by atoms with E-state index in [9.17, 15) is 0 Å². The third-order valence-corrected chi connectivity index (χ3v) is 3.52. The van der Waals surface area contributed by atoms with Crippen LogP contribution in [0.5, 0.6) is 0 Å². The van der Waals surface area contributed by atoms with Gasteiger partial charge >= 0.3 is 0 Å². The molecule has 1 aliphatic heterocycles. The van der Waals surface area contributed by atoms with Gasteiger partial charge in [-0.3, -0.25) is 0 Å². The fourth-order valence-corrected chi connectivity index (χ4v) is 2.24. The van der Waals surface area contributed by atoms with E-state index in [1.54, 1.807) is 0 Å². The summed E-state index contributed by atoms with van der Waals surface area (Å²) in [5, 5.41) is 12.5. The second-order valence-electron chi connectivity index (χ2n) is 4.39. The van der Waals surface area contributed by atoms with Crippen molar-refractivity contribution in [2.75, 3.05) is 19.8 Å². The Labute approximate surface area is 92.2 Å². The number of aliphatic hydroxyl groups excluding tert-OH is 1. The molecule has 1 aliphatic rings. The smallest absolute Gasteiger partial charge is 0.0741 e. The summed E-state index contributed by atoms with van der Waals surface area (Å²) in [6.07, 6.45) is 2.92. The Morgan fingerprint density at radius 3 is 2.80 bits per heavy atom. The van der Waals surface area contributed by atoms with Crippen LogP contribution in [0.2, 0.25) is 0 Å². The van der Waals surface area contributed by atoms with Crippen molar-refractivity contribution in [2.24, 2.45) is 5.73 Å². The summed E-state index contributed by atoms with van der Waals surface area (Å²) in [6.45, 7) is 5.79. The van der Waals surface area contributed by atoms with Crippen molar-refractivity contribution >= 4 is 0 Å². The van der Waals surface area contributed by atoms with Crippen molar-refractivity contribution in [3.05, 3.63) is 0 Å². The highest BCUT2D eigenvalue weighted by molar-refractivity contribution is 5.00. The second-order valence-corrected chi connectivity index (χ2v) is 4.39. The van der Waals surface area contributed by atoms with Crippen LogP contribution in [0.25, 0.3) is 0 Å². The maximum atomic E-state index is 8.96. The molecule has 1 fully saturated rings. The first-order valence-corrected chi connectivity index (χ1v) is 5.88. The fraction of sp³-hybridized carbons (Fsp3) is 1.00. The van der Waals surface area contributed by atoms with Crippen LogP contribution in [-0.4, -0.2) is 42.5 Å². The summed E-state index contributed by atoms with van der Waals surface area (Å²) in [7, 11) is 0. The van der Waals surface area contributed by atoms with Gasteiger partial charge in [-0.05, 0) is 26.2 Å². The van der Waals surface area contributed by atoms with Crippen molar-refractivity contribution in [3.8, 4) is 0 Å². The van der Waals surface area contributed by atoms with E-state index in [-0.39, 0.29) is 18.2 Å². The van der Waals surface area contributed by atoms with Gasteiger partial charge in [0.15, 0.2) is 0 Å². The van der Waals surface area contributed by atoms with E-state index < -0.39 is 0 Å². The molecule has 0 radical (unpaired) electrons. The Hall–Kier alpha value is -0.160. The number of hydrogen-bond donors (Lipinski definition) is 3. The zero-order valence-electron chi connectivity index (χ0n) is 9.83. The van der Waals surface area contributed by atoms with Crippen LogP contribution in [0.4, 0.5) is 0 Å². The van der Waals surface area contributed by atoms with E-state index in [4.69, 9.17) is 15.6 Å². The molecule has 1 saturated heterocycles. The van der Waals surface area contributed by atoms with E-state index in [1.165, 1.54) is 0 Å². The molecule has 3 atom stereocenters. The Morgan fingerprint density at radius 1 is 1.67 bits per heavy atom. The van der Waals surface area contributed by atoms with Crippen molar-refractivity contribution in [2.45, 2.75) is 50.8 Å². The van der Waals surface area contributed by atoms with Gasteiger partial charge in [0.1, 0.15) is 0 Å². The lowest BCUT2D eigenvalue weighted by molar-refractivity contribution is 0.0781. The standard InChI is InChI=1S/C11H24N2O2/c1-3-10(4-6-14)13-11(8-12)5-7-15-9(11)2/h9-10,13-14H,3-8,12H2,1-2H3. The van der Waals surface area contributed by atoms with Gasteiger partial charge < -0.3 is 20.9 Å². The molecule has 1 heterocycles. The summed E-state index contributed by atoms with van der Waals surface area (Å²) >= 11 is 0. The molecule has 3 unspecified atom stereocenters. The Balaban J connectivity index is 2.58. The average molecular weight is 216 g/mol. The minimum Gasteiger partial charge on any atom is -0.396 e. The average Bonchev–Trinajstić information content (AvgIpc) is 2.60. The van der Waals surface area contributed by atoms with E-state index in [0.717, 1.165) is 25.9 Å². The Bertz CT molecular complexity index is 189. The molecule has 4 nitrogen and oxygen atoms in total. The lowest BCUT2D eigenvalue weighted by Gasteiger charge is -2.36. The molecule has 0 aromatic rings. The monoisotopic (exact) mass is 216 g/mol. The first-order chi connectivity index (χ1) is 7.18. The molecule has 0 aromatic carbocycles. The SMILES string of the molecule is CCC(CCO)NC1(CN)CCOC1C. The highest BCUT2D eigenvalue weighted by atomic mass is 16.5. The van der Waals surface area contributed by atoms with E-state index in [1.807, 2.05) is 0 Å². The zero-order chi connectivity index (χ0) is 11.3. The van der Waals surface area contributed by atoms with Crippen LogP contribution >= 0.6 is 0 Å². The van der Waals surface area contributed by atoms with Gasteiger partial charge in [-0.15, -0.1) is 0 Å². The predicted molar refractivity (Wildman–Crippen MR) is 60.7 cm³/mol. The van der Waals surface area contributed by atoms with Gasteiger partial charge in [0.05, 0.1) is 11.6 Å². The zero-order valence-corrected chi connectivity index (χ0v) is 9.83. The number of nitrogens with one attached hydrogen (secondary N) is 1. The molecule has 0 aliphatic carbocycles. The predicted octanol–water partition coefficient (Wildman–Crippen LogP) is 0.243. The van der Waals surface area contributed by atoms with Crippen molar-refractivity contribution < 1.29 is 9.84 Å². The molecule has 0 amide bonds. The van der Waals surface area contributed by atoms with Gasteiger partial charge in [-0.1, -0.05) is 6.92 Å². The molecule has 0 bridgehead atoms. The number of rotatable bonds is 6. The van der Waals surface area contributed by atoms with Gasteiger partial charge in [-0.2, -0.15) is 0 Å². The topological polar surface area (TPSA) is 67.5 Å². The largest absolute Gasteiger partial charge is 0.396 e. The third-order valence-electron chi connectivity index (χ3n) is 3.52. The molecular weight excluding hydrogens is 192 g/mol. The normalized spacial score (nSPS) is 33.2. The summed E-state index contributed by atoms with van der Waals surface area (Å²) in [5.74, 6) is 0. The number of aliphatic hydroxyl groups is 1. The molecule has 1 rings (SSSR count). The minimum atomic E-state index is -0.0875. The molecule has 4 heteroatoms. The maximum absolute atomic E-state index is 8.96. The van der Waals surface area contributed by atoms with Gasteiger partial charge in [0.2, 0.25) is 0 Å². The maximum Gasteiger partial charge on any atom is 0.0741 e. The van der Waals surface area contributed by atoms with E-state index >= 15 is 0 Å². The molecule has 0 spiro atoms. The summed E-state index contributed by atoms with van der Waals surface area (Å²) < 4.78 is 5.58. The van der Waals surface area contributed by atoms with Crippen LogP contribution in [0.15, 0.2) is 0 Å². The van der Waals surface area contributed by atoms with E-state index in [0.29, 0.717) is 12.6 Å². The van der Waals surface area contributed by atoms with Gasteiger partial charge in [0.25, 0.3) is 0 Å². The molecule has 0 saturated carbocycles. The Morgan fingerprint density at radius 2 is 2.40 bits per heavy atom. The van der Waals surface area contributed by atoms with E-state index in [2.05, 4.69) is 19.2 Å². The number of ether oxygens (including phenoxy) is 1. The fourth-order valence-electron chi connectivity index (χ4n) is 2.24. The summed E-state index contributed by atoms with van der Waals surface area (Å²) in [5.41, 5.74) is 5.77. The lowest BCUT2D eigenvalue weighted by Crippen LogP contribution is -2.59. The first kappa shape index (κ1) is 12.9. The third kappa shape index (κ3) is 2.91. The van der Waals surface area contributed by atoms with Gasteiger partial charge in [0, 0.05) is 25.8 Å². The molecule has 90 valence electrons. The van der Waals surface area contributed by atoms with Crippen molar-refractivity contribution in [3.63, 3.8) is 0 Å². The Kier molecular flexibility index (Phi) is 4.99. The summed E-state index contributed by atoms with van der Waals surface area (Å²) in [4.78, 5) is 0. The van der Waals surface area contributed by atoms with Crippen LogP contribution < -0.4 is 11.1 Å². The highest BCUT2D eigenvalue weighted by Crippen LogP contribution is 2.26. The van der Waals surface area contributed by atoms with Crippen LogP contribution in [0.3, 0.4) is 0 Å². The molecule has 0 aromatic heterocycles. The van der Waals surface area contributed by atoms with Crippen molar-refractivity contribution in [1.82, 2.24) is 5.32 Å². The minimum absolute atomic E-state index is 0.0875. The second kappa shape index (κ2) is 5.80. The summed E-state index contributed by atoms with van der Waals surface area (Å²) in [6, 6.07) is 0.336. The van der Waals surface area contributed by atoms with Crippen molar-refractivity contribution in [1.29, 1.82) is 0 Å². The van der Waals surface area contributed by atoms with Crippen LogP contribution in [0.1, 0.15) is 33.1 Å². The number of nitrogens with two attached hydrogens (primary N) is 1. The molecule has 15 heavy (non-hydrogen) atoms. The number of hydrogen-bond acceptors (Lipinski definition) is 4. The molecular formula is C11H24N2O2. The van der Waals surface area contributed by atoms with Gasteiger partial charge in [-0.25, -0.2) is 0 Å². The first-order valence-electron chi connectivity index (χ1n) is 5.88. The van der Waals surface area contributed by atoms with Crippen LogP contribution in [-0.2, 0) is 4.74 Å². The highest BCUT2D eigenvalue weighted by Gasteiger charge is 2.41. The van der Waals surface area contributed by atoms with Crippen LogP contribution in [0, 0.1) is 0 Å².